The Balaban J connectivity index is 1.61. The predicted molar refractivity (Wildman–Crippen MR) is 104 cm³/mol. The van der Waals surface area contributed by atoms with Crippen molar-refractivity contribution in [2.45, 2.75) is 25.5 Å². The van der Waals surface area contributed by atoms with Gasteiger partial charge in [-0.2, -0.15) is 11.8 Å². The molecule has 1 heterocycles. The Bertz CT molecular complexity index is 666. The van der Waals surface area contributed by atoms with Gasteiger partial charge in [-0.15, -0.1) is 11.3 Å². The van der Waals surface area contributed by atoms with Gasteiger partial charge in [0.2, 0.25) is 0 Å². The number of hydrogen-bond acceptors (Lipinski definition) is 5. The van der Waals surface area contributed by atoms with Crippen molar-refractivity contribution in [3.05, 3.63) is 57.8 Å². The summed E-state index contributed by atoms with van der Waals surface area (Å²) in [7, 11) is 0. The van der Waals surface area contributed by atoms with E-state index in [1.807, 2.05) is 18.2 Å². The molecule has 0 spiro atoms. The van der Waals surface area contributed by atoms with Crippen molar-refractivity contribution in [2.75, 3.05) is 18.9 Å². The van der Waals surface area contributed by atoms with Crippen molar-refractivity contribution in [3.8, 4) is 0 Å². The molecule has 0 saturated heterocycles. The Morgan fingerprint density at radius 2 is 1.96 bits per heavy atom. The summed E-state index contributed by atoms with van der Waals surface area (Å²) >= 11 is 3.50. The Kier molecular flexibility index (Phi) is 8.01. The van der Waals surface area contributed by atoms with Crippen LogP contribution in [0.25, 0.3) is 0 Å². The Hall–Kier alpha value is -1.79. The quantitative estimate of drug-likeness (QED) is 0.528. The summed E-state index contributed by atoms with van der Waals surface area (Å²) in [6.45, 7) is 4.50. The van der Waals surface area contributed by atoms with E-state index in [4.69, 9.17) is 4.74 Å². The Morgan fingerprint density at radius 3 is 2.60 bits per heavy atom. The number of carbonyl (C=O) groups excluding carboxylic acids is 2. The molecule has 2 aromatic rings. The fraction of sp³-hybridized carbons (Fsp3) is 0.368. The standard InChI is InChI=1S/C19H23NO3S2/c1-14(2)15-5-7-16(8-6-15)19(22)23-12-18(21)20-9-11-24-13-17-4-3-10-25-17/h3-8,10,14H,9,11-13H2,1-2H3,(H,20,21). The summed E-state index contributed by atoms with van der Waals surface area (Å²) in [6, 6.07) is 11.4. The van der Waals surface area contributed by atoms with Crippen molar-refractivity contribution in [2.24, 2.45) is 0 Å². The summed E-state index contributed by atoms with van der Waals surface area (Å²) in [5.74, 6) is 1.44. The molecule has 1 aromatic heterocycles. The lowest BCUT2D eigenvalue weighted by Crippen LogP contribution is -2.30. The van der Waals surface area contributed by atoms with Crippen molar-refractivity contribution >= 4 is 35.0 Å². The van der Waals surface area contributed by atoms with Crippen LogP contribution in [0.3, 0.4) is 0 Å². The molecule has 0 fully saturated rings. The van der Waals surface area contributed by atoms with E-state index in [1.165, 1.54) is 4.88 Å². The SMILES string of the molecule is CC(C)c1ccc(C(=O)OCC(=O)NCCSCc2cccs2)cc1. The summed E-state index contributed by atoms with van der Waals surface area (Å²) in [5, 5.41) is 4.82. The van der Waals surface area contributed by atoms with Crippen molar-refractivity contribution in [3.63, 3.8) is 0 Å². The minimum Gasteiger partial charge on any atom is -0.452 e. The highest BCUT2D eigenvalue weighted by molar-refractivity contribution is 7.98. The first kappa shape index (κ1) is 19.5. The molecule has 25 heavy (non-hydrogen) atoms. The van der Waals surface area contributed by atoms with Crippen molar-refractivity contribution < 1.29 is 14.3 Å². The van der Waals surface area contributed by atoms with Gasteiger partial charge in [0.1, 0.15) is 0 Å². The second-order valence-corrected chi connectivity index (χ2v) is 7.97. The van der Waals surface area contributed by atoms with Gasteiger partial charge in [-0.1, -0.05) is 32.0 Å². The van der Waals surface area contributed by atoms with Crippen LogP contribution in [0, 0.1) is 0 Å². The third-order valence-electron chi connectivity index (χ3n) is 3.54. The third-order valence-corrected chi connectivity index (χ3v) is 5.61. The lowest BCUT2D eigenvalue weighted by molar-refractivity contribution is -0.124. The van der Waals surface area contributed by atoms with E-state index in [0.29, 0.717) is 18.0 Å². The van der Waals surface area contributed by atoms with Gasteiger partial charge in [0, 0.05) is 22.9 Å². The topological polar surface area (TPSA) is 55.4 Å². The van der Waals surface area contributed by atoms with E-state index >= 15 is 0 Å². The van der Waals surface area contributed by atoms with Crippen LogP contribution in [-0.2, 0) is 15.3 Å². The van der Waals surface area contributed by atoms with Crippen LogP contribution in [0.5, 0.6) is 0 Å². The van der Waals surface area contributed by atoms with Crippen LogP contribution in [0.15, 0.2) is 41.8 Å². The van der Waals surface area contributed by atoms with E-state index in [2.05, 4.69) is 30.6 Å². The highest BCUT2D eigenvalue weighted by Crippen LogP contribution is 2.16. The normalized spacial score (nSPS) is 10.7. The molecule has 0 radical (unpaired) electrons. The summed E-state index contributed by atoms with van der Waals surface area (Å²) in [4.78, 5) is 25.0. The molecule has 6 heteroatoms. The average molecular weight is 378 g/mol. The molecule has 0 bridgehead atoms. The molecule has 2 rings (SSSR count). The number of amides is 1. The van der Waals surface area contributed by atoms with Gasteiger partial charge in [-0.3, -0.25) is 4.79 Å². The van der Waals surface area contributed by atoms with Crippen LogP contribution in [-0.4, -0.2) is 30.8 Å². The zero-order valence-electron chi connectivity index (χ0n) is 14.5. The summed E-state index contributed by atoms with van der Waals surface area (Å²) in [6.07, 6.45) is 0. The van der Waals surface area contributed by atoms with Crippen LogP contribution in [0.4, 0.5) is 0 Å². The van der Waals surface area contributed by atoms with Gasteiger partial charge in [-0.05, 0) is 35.1 Å². The van der Waals surface area contributed by atoms with Crippen molar-refractivity contribution in [1.82, 2.24) is 5.32 Å². The first-order valence-corrected chi connectivity index (χ1v) is 10.2. The maximum atomic E-state index is 11.9. The zero-order valence-corrected chi connectivity index (χ0v) is 16.1. The van der Waals surface area contributed by atoms with E-state index in [-0.39, 0.29) is 12.5 Å². The molecule has 0 aliphatic carbocycles. The minimum absolute atomic E-state index is 0.250. The lowest BCUT2D eigenvalue weighted by atomic mass is 10.0. The maximum absolute atomic E-state index is 11.9. The molecule has 1 amide bonds. The highest BCUT2D eigenvalue weighted by Gasteiger charge is 2.10. The molecule has 0 atom stereocenters. The average Bonchev–Trinajstić information content (AvgIpc) is 3.13. The molecule has 1 aromatic carbocycles. The van der Waals surface area contributed by atoms with E-state index in [9.17, 15) is 9.59 Å². The number of thiophene rings is 1. The van der Waals surface area contributed by atoms with E-state index in [0.717, 1.165) is 17.1 Å². The van der Waals surface area contributed by atoms with Gasteiger partial charge in [0.25, 0.3) is 5.91 Å². The van der Waals surface area contributed by atoms with Crippen LogP contribution in [0.2, 0.25) is 0 Å². The molecule has 4 nitrogen and oxygen atoms in total. The predicted octanol–water partition coefficient (Wildman–Crippen LogP) is 4.08. The number of esters is 1. The summed E-state index contributed by atoms with van der Waals surface area (Å²) < 4.78 is 5.05. The molecule has 0 aliphatic heterocycles. The molecule has 1 N–H and O–H groups in total. The maximum Gasteiger partial charge on any atom is 0.338 e. The number of hydrogen-bond donors (Lipinski definition) is 1. The number of ether oxygens (including phenoxy) is 1. The van der Waals surface area contributed by atoms with Crippen molar-refractivity contribution in [1.29, 1.82) is 0 Å². The fourth-order valence-corrected chi connectivity index (χ4v) is 3.80. The van der Waals surface area contributed by atoms with Crippen LogP contribution in [0.1, 0.15) is 40.6 Å². The largest absolute Gasteiger partial charge is 0.452 e. The molecular weight excluding hydrogens is 354 g/mol. The number of benzene rings is 1. The smallest absolute Gasteiger partial charge is 0.338 e. The highest BCUT2D eigenvalue weighted by atomic mass is 32.2. The monoisotopic (exact) mass is 377 g/mol. The molecule has 0 saturated carbocycles. The van der Waals surface area contributed by atoms with E-state index in [1.54, 1.807) is 35.2 Å². The third kappa shape index (κ3) is 6.92. The number of rotatable bonds is 9. The van der Waals surface area contributed by atoms with Gasteiger partial charge >= 0.3 is 5.97 Å². The van der Waals surface area contributed by atoms with E-state index < -0.39 is 5.97 Å². The number of nitrogens with one attached hydrogen (secondary N) is 1. The molecule has 0 aliphatic rings. The second kappa shape index (κ2) is 10.3. The zero-order chi connectivity index (χ0) is 18.1. The first-order valence-electron chi connectivity index (χ1n) is 8.20. The van der Waals surface area contributed by atoms with Crippen LogP contribution < -0.4 is 5.32 Å². The summed E-state index contributed by atoms with van der Waals surface area (Å²) in [5.41, 5.74) is 1.62. The van der Waals surface area contributed by atoms with Gasteiger partial charge in [0.15, 0.2) is 6.61 Å². The Labute approximate surface area is 157 Å². The number of thioether (sulfide) groups is 1. The number of carbonyl (C=O) groups is 2. The fourth-order valence-electron chi connectivity index (χ4n) is 2.10. The first-order chi connectivity index (χ1) is 12.1. The lowest BCUT2D eigenvalue weighted by Gasteiger charge is -2.08. The molecule has 0 unspecified atom stereocenters. The van der Waals surface area contributed by atoms with Gasteiger partial charge in [-0.25, -0.2) is 4.79 Å². The molecular formula is C19H23NO3S2. The second-order valence-electron chi connectivity index (χ2n) is 5.83. The van der Waals surface area contributed by atoms with Gasteiger partial charge in [0.05, 0.1) is 5.56 Å². The van der Waals surface area contributed by atoms with Gasteiger partial charge < -0.3 is 10.1 Å². The van der Waals surface area contributed by atoms with Crippen LogP contribution >= 0.6 is 23.1 Å². The Morgan fingerprint density at radius 1 is 1.20 bits per heavy atom. The minimum atomic E-state index is -0.475. The molecule has 134 valence electrons.